The van der Waals surface area contributed by atoms with E-state index in [2.05, 4.69) is 16.2 Å². The molecule has 0 bridgehead atoms. The smallest absolute Gasteiger partial charge is 0.267 e. The molecule has 0 atom stereocenters. The lowest BCUT2D eigenvalue weighted by Gasteiger charge is -2.12. The Morgan fingerprint density at radius 3 is 2.58 bits per heavy atom. The number of aryl methyl sites for hydroxylation is 2. The maximum absolute atomic E-state index is 14.4. The highest BCUT2D eigenvalue weighted by molar-refractivity contribution is 5.65. The number of benzene rings is 2. The molecule has 7 nitrogen and oxygen atoms in total. The van der Waals surface area contributed by atoms with Gasteiger partial charge in [0.15, 0.2) is 11.4 Å². The van der Waals surface area contributed by atoms with Crippen LogP contribution in [0.1, 0.15) is 22.5 Å². The summed E-state index contributed by atoms with van der Waals surface area (Å²) in [4.78, 5) is 18.1. The van der Waals surface area contributed by atoms with Gasteiger partial charge in [0.2, 0.25) is 0 Å². The van der Waals surface area contributed by atoms with Gasteiger partial charge in [-0.1, -0.05) is 12.1 Å². The van der Waals surface area contributed by atoms with E-state index < -0.39 is 11.6 Å². The predicted molar refractivity (Wildman–Crippen MR) is 129 cm³/mol. The number of rotatable bonds is 5. The molecule has 0 saturated heterocycles. The topological polar surface area (TPSA) is 85.2 Å². The molecule has 5 rings (SSSR count). The molecule has 5 aromatic rings. The highest BCUT2D eigenvalue weighted by Gasteiger charge is 2.19. The Morgan fingerprint density at radius 2 is 1.83 bits per heavy atom. The van der Waals surface area contributed by atoms with Gasteiger partial charge < -0.3 is 4.74 Å². The van der Waals surface area contributed by atoms with Crippen molar-refractivity contribution < 1.29 is 13.5 Å². The van der Waals surface area contributed by atoms with Gasteiger partial charge in [0.1, 0.15) is 29.6 Å². The van der Waals surface area contributed by atoms with Crippen molar-refractivity contribution in [3.8, 4) is 28.8 Å². The van der Waals surface area contributed by atoms with Crippen LogP contribution in [0.3, 0.4) is 0 Å². The van der Waals surface area contributed by atoms with Crippen LogP contribution in [0, 0.1) is 36.8 Å². The summed E-state index contributed by atoms with van der Waals surface area (Å²) in [5.74, 6) is -0.819. The summed E-state index contributed by atoms with van der Waals surface area (Å²) in [7, 11) is 0. The van der Waals surface area contributed by atoms with Crippen LogP contribution in [-0.4, -0.2) is 19.2 Å². The molecule has 0 fully saturated rings. The van der Waals surface area contributed by atoms with Crippen molar-refractivity contribution in [1.29, 1.82) is 5.26 Å². The molecule has 0 amide bonds. The lowest BCUT2D eigenvalue weighted by atomic mass is 10.1. The Kier molecular flexibility index (Phi) is 5.78. The molecular weight excluding hydrogens is 464 g/mol. The summed E-state index contributed by atoms with van der Waals surface area (Å²) >= 11 is 0. The van der Waals surface area contributed by atoms with Crippen LogP contribution in [0.15, 0.2) is 71.7 Å². The maximum atomic E-state index is 14.4. The number of pyridine rings is 1. The van der Waals surface area contributed by atoms with Crippen LogP contribution in [-0.2, 0) is 6.61 Å². The molecule has 0 radical (unpaired) electrons. The lowest BCUT2D eigenvalue weighted by molar-refractivity contribution is 0.308. The molecule has 0 unspecified atom stereocenters. The van der Waals surface area contributed by atoms with E-state index in [0.29, 0.717) is 34.0 Å². The Labute approximate surface area is 204 Å². The Hall–Kier alpha value is -4.84. The molecule has 2 aromatic carbocycles. The van der Waals surface area contributed by atoms with Gasteiger partial charge in [-0.05, 0) is 61.9 Å². The fraction of sp³-hybridized carbons (Fsp3) is 0.111. The summed E-state index contributed by atoms with van der Waals surface area (Å²) in [5.41, 5.74) is 2.81. The van der Waals surface area contributed by atoms with Crippen molar-refractivity contribution in [2.24, 2.45) is 0 Å². The number of hydrogen-bond acceptors (Lipinski definition) is 5. The molecule has 178 valence electrons. The average molecular weight is 483 g/mol. The van der Waals surface area contributed by atoms with Crippen LogP contribution < -0.4 is 10.3 Å². The molecule has 0 saturated carbocycles. The minimum Gasteiger partial charge on any atom is -0.485 e. The van der Waals surface area contributed by atoms with Crippen LogP contribution in [0.5, 0.6) is 5.75 Å². The van der Waals surface area contributed by atoms with Crippen molar-refractivity contribution in [2.45, 2.75) is 20.5 Å². The van der Waals surface area contributed by atoms with Gasteiger partial charge in [0.05, 0.1) is 22.9 Å². The van der Waals surface area contributed by atoms with E-state index >= 15 is 0 Å². The number of hydrogen-bond donors (Lipinski definition) is 0. The van der Waals surface area contributed by atoms with Gasteiger partial charge >= 0.3 is 0 Å². The number of aromatic nitrogens is 4. The van der Waals surface area contributed by atoms with E-state index in [9.17, 15) is 13.6 Å². The van der Waals surface area contributed by atoms with Gasteiger partial charge in [-0.15, -0.1) is 0 Å². The van der Waals surface area contributed by atoms with Crippen LogP contribution in [0.25, 0.3) is 22.6 Å². The van der Waals surface area contributed by atoms with E-state index in [0.717, 1.165) is 23.8 Å². The number of fused-ring (bicyclic) bond motifs is 1. The second-order valence-electron chi connectivity index (χ2n) is 8.22. The lowest BCUT2D eigenvalue weighted by Crippen LogP contribution is -2.19. The summed E-state index contributed by atoms with van der Waals surface area (Å²) in [6.45, 7) is 3.60. The first-order valence-electron chi connectivity index (χ1n) is 11.0. The first-order chi connectivity index (χ1) is 17.4. The fourth-order valence-corrected chi connectivity index (χ4v) is 3.98. The SMILES string of the molecule is Cc1nc2c(OCc3ccc(C#N)cc3)cccn2c(=O)c1-c1cc(C)n(-c2cc(F)ccc2F)n1. The Balaban J connectivity index is 1.54. The minimum atomic E-state index is -0.636. The fourth-order valence-electron chi connectivity index (χ4n) is 3.98. The van der Waals surface area contributed by atoms with Crippen molar-refractivity contribution in [1.82, 2.24) is 19.2 Å². The third-order valence-corrected chi connectivity index (χ3v) is 5.76. The van der Waals surface area contributed by atoms with Crippen molar-refractivity contribution in [3.63, 3.8) is 0 Å². The second-order valence-corrected chi connectivity index (χ2v) is 8.22. The van der Waals surface area contributed by atoms with Crippen molar-refractivity contribution in [3.05, 3.63) is 111 Å². The molecule has 0 aliphatic carbocycles. The van der Waals surface area contributed by atoms with E-state index in [4.69, 9.17) is 10.00 Å². The summed E-state index contributed by atoms with van der Waals surface area (Å²) in [5, 5.41) is 13.3. The quantitative estimate of drug-likeness (QED) is 0.355. The minimum absolute atomic E-state index is 0.0521. The van der Waals surface area contributed by atoms with E-state index in [1.165, 1.54) is 9.08 Å². The normalized spacial score (nSPS) is 11.0. The maximum Gasteiger partial charge on any atom is 0.267 e. The van der Waals surface area contributed by atoms with Gasteiger partial charge in [0.25, 0.3) is 5.56 Å². The summed E-state index contributed by atoms with van der Waals surface area (Å²) in [6, 6.07) is 17.2. The average Bonchev–Trinajstić information content (AvgIpc) is 3.25. The van der Waals surface area contributed by atoms with Gasteiger partial charge in [0, 0.05) is 18.0 Å². The van der Waals surface area contributed by atoms with E-state index in [1.807, 2.05) is 0 Å². The standard InChI is InChI=1S/C27H19F2N5O2/c1-16-12-22(32-34(16)23-13-20(28)9-10-21(23)29)25-17(2)31-26-24(4-3-11-33(26)27(25)35)36-15-19-7-5-18(14-30)6-8-19/h3-13H,15H2,1-2H3. The summed E-state index contributed by atoms with van der Waals surface area (Å²) in [6.07, 6.45) is 1.58. The zero-order valence-corrected chi connectivity index (χ0v) is 19.4. The largest absolute Gasteiger partial charge is 0.485 e. The van der Waals surface area contributed by atoms with Crippen molar-refractivity contribution >= 4 is 5.65 Å². The second kappa shape index (κ2) is 9.07. The number of nitriles is 1. The molecule has 9 heteroatoms. The van der Waals surface area contributed by atoms with Gasteiger partial charge in [-0.3, -0.25) is 9.20 Å². The number of nitrogens with zero attached hydrogens (tertiary/aromatic N) is 5. The first-order valence-corrected chi connectivity index (χ1v) is 11.0. The first kappa shape index (κ1) is 22.9. The van der Waals surface area contributed by atoms with Crippen LogP contribution >= 0.6 is 0 Å². The molecule has 0 N–H and O–H groups in total. The van der Waals surface area contributed by atoms with Gasteiger partial charge in [-0.2, -0.15) is 10.4 Å². The zero-order valence-electron chi connectivity index (χ0n) is 19.4. The van der Waals surface area contributed by atoms with E-state index in [1.54, 1.807) is 62.5 Å². The molecule has 0 aliphatic heterocycles. The van der Waals surface area contributed by atoms with Gasteiger partial charge in [-0.25, -0.2) is 18.4 Å². The molecule has 36 heavy (non-hydrogen) atoms. The third-order valence-electron chi connectivity index (χ3n) is 5.76. The predicted octanol–water partition coefficient (Wildman–Crippen LogP) is 4.89. The molecular formula is C27H19F2N5O2. The number of ether oxygens (including phenoxy) is 1. The zero-order chi connectivity index (χ0) is 25.4. The monoisotopic (exact) mass is 483 g/mol. The molecule has 3 aromatic heterocycles. The Bertz CT molecular complexity index is 1720. The highest BCUT2D eigenvalue weighted by atomic mass is 19.1. The summed E-state index contributed by atoms with van der Waals surface area (Å²) < 4.78 is 36.7. The van der Waals surface area contributed by atoms with E-state index in [-0.39, 0.29) is 23.4 Å². The van der Waals surface area contributed by atoms with Crippen LogP contribution in [0.4, 0.5) is 8.78 Å². The van der Waals surface area contributed by atoms with Crippen LogP contribution in [0.2, 0.25) is 0 Å². The van der Waals surface area contributed by atoms with Crippen molar-refractivity contribution in [2.75, 3.05) is 0 Å². The molecule has 0 aliphatic rings. The number of halogens is 2. The Morgan fingerprint density at radius 1 is 1.06 bits per heavy atom. The molecule has 0 spiro atoms. The third kappa shape index (κ3) is 4.09. The highest BCUT2D eigenvalue weighted by Crippen LogP contribution is 2.25. The molecule has 3 heterocycles.